The summed E-state index contributed by atoms with van der Waals surface area (Å²) >= 11 is 5.93. The van der Waals surface area contributed by atoms with E-state index in [1.807, 2.05) is 0 Å². The first-order valence-corrected chi connectivity index (χ1v) is 8.25. The lowest BCUT2D eigenvalue weighted by molar-refractivity contribution is 0.0621. The van der Waals surface area contributed by atoms with Crippen molar-refractivity contribution in [3.8, 4) is 0 Å². The Morgan fingerprint density at radius 2 is 2.24 bits per heavy atom. The second-order valence-corrected chi connectivity index (χ2v) is 6.93. The summed E-state index contributed by atoms with van der Waals surface area (Å²) < 4.78 is 18.3. The van der Waals surface area contributed by atoms with Gasteiger partial charge in [0.2, 0.25) is 5.95 Å². The predicted molar refractivity (Wildman–Crippen MR) is 74.7 cm³/mol. The van der Waals surface area contributed by atoms with Crippen molar-refractivity contribution >= 4 is 36.3 Å². The number of nitrogens with zero attached hydrogens (tertiary/aromatic N) is 4. The minimum absolute atomic E-state index is 0.0367. The topological polar surface area (TPSA) is 136 Å². The van der Waals surface area contributed by atoms with Gasteiger partial charge in [0.05, 0.1) is 19.0 Å². The van der Waals surface area contributed by atoms with Crippen molar-refractivity contribution in [2.75, 3.05) is 5.73 Å². The summed E-state index contributed by atoms with van der Waals surface area (Å²) in [7, 11) is -4.22. The van der Waals surface area contributed by atoms with Gasteiger partial charge in [-0.2, -0.15) is 9.97 Å². The molecule has 21 heavy (non-hydrogen) atoms. The molecule has 114 valence electrons. The van der Waals surface area contributed by atoms with E-state index in [1.165, 1.54) is 6.33 Å². The highest BCUT2D eigenvalue weighted by atomic mass is 35.5. The lowest BCUT2D eigenvalue weighted by Crippen LogP contribution is -2.17. The number of ether oxygens (including phenoxy) is 1. The Labute approximate surface area is 124 Å². The Morgan fingerprint density at radius 3 is 2.90 bits per heavy atom. The van der Waals surface area contributed by atoms with Gasteiger partial charge in [-0.3, -0.25) is 4.57 Å². The van der Waals surface area contributed by atoms with Gasteiger partial charge in [0.15, 0.2) is 16.6 Å². The van der Waals surface area contributed by atoms with Crippen molar-refractivity contribution in [2.24, 2.45) is 0 Å². The number of nitrogens with two attached hydrogens (primary N) is 1. The second kappa shape index (κ2) is 5.19. The zero-order chi connectivity index (χ0) is 15.2. The van der Waals surface area contributed by atoms with Crippen molar-refractivity contribution < 1.29 is 19.1 Å². The van der Waals surface area contributed by atoms with Crippen molar-refractivity contribution in [3.05, 3.63) is 11.5 Å². The fourth-order valence-corrected chi connectivity index (χ4v) is 3.38. The van der Waals surface area contributed by atoms with Crippen LogP contribution in [0, 0.1) is 0 Å². The standard InChI is InChI=1S/C10H13ClN5O4P/c11-8-7-9(15-10(12)14-8)16(4-13-7)3-5-1-2-6(20-5)21(17,18)19/h4-6H,1-3H2,(H2,12,14,15)(H2,17,18,19)/t5-,6+/m0/s1. The largest absolute Gasteiger partial charge is 0.368 e. The molecular formula is C10H13ClN5O4P. The molecule has 1 aliphatic rings. The van der Waals surface area contributed by atoms with Crippen LogP contribution in [0.3, 0.4) is 0 Å². The van der Waals surface area contributed by atoms with Gasteiger partial charge in [0, 0.05) is 0 Å². The molecule has 1 fully saturated rings. The van der Waals surface area contributed by atoms with E-state index in [9.17, 15) is 4.57 Å². The van der Waals surface area contributed by atoms with Crippen LogP contribution in [0.2, 0.25) is 5.15 Å². The highest BCUT2D eigenvalue weighted by Gasteiger charge is 2.37. The summed E-state index contributed by atoms with van der Waals surface area (Å²) in [5.74, 6) is -1.00. The van der Waals surface area contributed by atoms with E-state index in [-0.39, 0.29) is 17.2 Å². The number of hydrogen-bond acceptors (Lipinski definition) is 6. The zero-order valence-corrected chi connectivity index (χ0v) is 12.4. The van der Waals surface area contributed by atoms with E-state index in [4.69, 9.17) is 31.9 Å². The van der Waals surface area contributed by atoms with Crippen LogP contribution in [0.4, 0.5) is 5.95 Å². The van der Waals surface area contributed by atoms with E-state index in [0.29, 0.717) is 30.6 Å². The third kappa shape index (κ3) is 2.88. The van der Waals surface area contributed by atoms with Gasteiger partial charge in [-0.15, -0.1) is 0 Å². The van der Waals surface area contributed by atoms with E-state index < -0.39 is 13.4 Å². The molecule has 0 bridgehead atoms. The van der Waals surface area contributed by atoms with Crippen LogP contribution in [-0.2, 0) is 15.8 Å². The summed E-state index contributed by atoms with van der Waals surface area (Å²) in [6, 6.07) is 0. The molecule has 0 saturated carbocycles. The molecule has 0 amide bonds. The molecule has 3 heterocycles. The molecular weight excluding hydrogens is 321 g/mol. The summed E-state index contributed by atoms with van der Waals surface area (Å²) in [5.41, 5.74) is 6.45. The van der Waals surface area contributed by atoms with Crippen molar-refractivity contribution in [2.45, 2.75) is 31.3 Å². The zero-order valence-electron chi connectivity index (χ0n) is 10.8. The van der Waals surface area contributed by atoms with Crippen LogP contribution in [0.25, 0.3) is 11.2 Å². The number of rotatable bonds is 3. The second-order valence-electron chi connectivity index (χ2n) is 4.82. The minimum Gasteiger partial charge on any atom is -0.368 e. The normalized spacial score (nSPS) is 23.0. The van der Waals surface area contributed by atoms with Crippen molar-refractivity contribution in [1.82, 2.24) is 19.5 Å². The minimum atomic E-state index is -4.22. The SMILES string of the molecule is Nc1nc(Cl)c2ncn(C[C@@H]3CC[C@@H](P(=O)(O)O)O3)c2n1. The number of imidazole rings is 1. The lowest BCUT2D eigenvalue weighted by atomic mass is 10.2. The Kier molecular flexibility index (Phi) is 3.62. The summed E-state index contributed by atoms with van der Waals surface area (Å²) in [4.78, 5) is 30.2. The molecule has 11 heteroatoms. The molecule has 0 radical (unpaired) electrons. The van der Waals surface area contributed by atoms with E-state index in [1.54, 1.807) is 4.57 Å². The Balaban J connectivity index is 1.82. The predicted octanol–water partition coefficient (Wildman–Crippen LogP) is 0.745. The number of nitrogen functional groups attached to an aromatic ring is 1. The van der Waals surface area contributed by atoms with E-state index in [2.05, 4.69) is 15.0 Å². The third-order valence-electron chi connectivity index (χ3n) is 3.30. The van der Waals surface area contributed by atoms with Crippen LogP contribution in [-0.4, -0.2) is 41.3 Å². The van der Waals surface area contributed by atoms with Gasteiger partial charge in [0.1, 0.15) is 5.52 Å². The molecule has 0 unspecified atom stereocenters. The van der Waals surface area contributed by atoms with E-state index >= 15 is 0 Å². The highest BCUT2D eigenvalue weighted by molar-refractivity contribution is 7.52. The fourth-order valence-electron chi connectivity index (χ4n) is 2.35. The van der Waals surface area contributed by atoms with Gasteiger partial charge in [-0.05, 0) is 12.8 Å². The maximum Gasteiger partial charge on any atom is 0.354 e. The average molecular weight is 334 g/mol. The third-order valence-corrected chi connectivity index (χ3v) is 4.69. The molecule has 3 rings (SSSR count). The highest BCUT2D eigenvalue weighted by Crippen LogP contribution is 2.48. The number of fused-ring (bicyclic) bond motifs is 1. The van der Waals surface area contributed by atoms with Gasteiger partial charge in [0.25, 0.3) is 0 Å². The number of halogens is 1. The molecule has 9 nitrogen and oxygen atoms in total. The Bertz CT molecular complexity index is 732. The molecule has 2 aromatic rings. The number of hydrogen-bond donors (Lipinski definition) is 3. The van der Waals surface area contributed by atoms with Crippen LogP contribution in [0.1, 0.15) is 12.8 Å². The van der Waals surface area contributed by atoms with Crippen LogP contribution in [0.5, 0.6) is 0 Å². The molecule has 1 saturated heterocycles. The van der Waals surface area contributed by atoms with Gasteiger partial charge >= 0.3 is 7.60 Å². The number of aromatic nitrogens is 4. The quantitative estimate of drug-likeness (QED) is 0.552. The van der Waals surface area contributed by atoms with Crippen molar-refractivity contribution in [1.29, 1.82) is 0 Å². The van der Waals surface area contributed by atoms with Crippen molar-refractivity contribution in [3.63, 3.8) is 0 Å². The first kappa shape index (κ1) is 14.7. The molecule has 4 N–H and O–H groups in total. The molecule has 2 aromatic heterocycles. The van der Waals surface area contributed by atoms with Gasteiger partial charge in [-0.25, -0.2) is 4.98 Å². The fraction of sp³-hybridized carbons (Fsp3) is 0.500. The van der Waals surface area contributed by atoms with Crippen LogP contribution >= 0.6 is 19.2 Å². The summed E-state index contributed by atoms with van der Waals surface area (Å²) in [5, 5.41) is 0.164. The average Bonchev–Trinajstić information content (AvgIpc) is 2.97. The van der Waals surface area contributed by atoms with Gasteiger partial charge in [-0.1, -0.05) is 11.6 Å². The lowest BCUT2D eigenvalue weighted by Gasteiger charge is -2.15. The molecule has 0 spiro atoms. The first-order valence-electron chi connectivity index (χ1n) is 6.19. The van der Waals surface area contributed by atoms with Crippen LogP contribution in [0.15, 0.2) is 6.33 Å². The summed E-state index contributed by atoms with van der Waals surface area (Å²) in [6.45, 7) is 0.361. The molecule has 0 aromatic carbocycles. The van der Waals surface area contributed by atoms with Crippen LogP contribution < -0.4 is 5.73 Å². The Hall–Kier alpha value is -1.25. The number of anilines is 1. The maximum atomic E-state index is 11.2. The Morgan fingerprint density at radius 1 is 1.48 bits per heavy atom. The van der Waals surface area contributed by atoms with E-state index in [0.717, 1.165) is 0 Å². The smallest absolute Gasteiger partial charge is 0.354 e. The van der Waals surface area contributed by atoms with Gasteiger partial charge < -0.3 is 24.8 Å². The monoisotopic (exact) mass is 333 g/mol. The first-order chi connectivity index (χ1) is 9.84. The molecule has 2 atom stereocenters. The molecule has 0 aliphatic carbocycles. The summed E-state index contributed by atoms with van der Waals surface area (Å²) in [6.07, 6.45) is 2.07. The maximum absolute atomic E-state index is 11.2. The molecule has 1 aliphatic heterocycles.